The SMILES string of the molecule is CCCCCCCCCCCCc1ccc(C(C)=NNc2ccc([N+](=O)[O-])cc2[N+](=O)[O-])cc1. The molecule has 0 heterocycles. The van der Waals surface area contributed by atoms with Crippen molar-refractivity contribution in [3.63, 3.8) is 0 Å². The summed E-state index contributed by atoms with van der Waals surface area (Å²) < 4.78 is 0. The van der Waals surface area contributed by atoms with Gasteiger partial charge in [0.25, 0.3) is 5.69 Å². The molecule has 0 aromatic heterocycles. The van der Waals surface area contributed by atoms with Gasteiger partial charge in [0.05, 0.1) is 21.6 Å². The quantitative estimate of drug-likeness (QED) is 0.117. The number of nitro benzene ring substituents is 2. The largest absolute Gasteiger partial charge is 0.301 e. The number of nitro groups is 2. The van der Waals surface area contributed by atoms with Crippen LogP contribution in [0.1, 0.15) is 89.2 Å². The highest BCUT2D eigenvalue weighted by Crippen LogP contribution is 2.29. The third-order valence-electron chi connectivity index (χ3n) is 5.92. The van der Waals surface area contributed by atoms with Crippen molar-refractivity contribution < 1.29 is 9.85 Å². The Balaban J connectivity index is 1.79. The summed E-state index contributed by atoms with van der Waals surface area (Å²) in [5.74, 6) is 0. The van der Waals surface area contributed by atoms with Crippen molar-refractivity contribution in [2.45, 2.75) is 84.5 Å². The maximum atomic E-state index is 11.3. The Labute approximate surface area is 201 Å². The summed E-state index contributed by atoms with van der Waals surface area (Å²) in [5.41, 5.74) is 4.90. The minimum absolute atomic E-state index is 0.104. The van der Waals surface area contributed by atoms with Gasteiger partial charge in [-0.25, -0.2) is 0 Å². The molecule has 184 valence electrons. The van der Waals surface area contributed by atoms with E-state index in [9.17, 15) is 20.2 Å². The topological polar surface area (TPSA) is 111 Å². The van der Waals surface area contributed by atoms with Gasteiger partial charge in [-0.3, -0.25) is 25.7 Å². The van der Waals surface area contributed by atoms with Crippen molar-refractivity contribution >= 4 is 22.8 Å². The Morgan fingerprint density at radius 3 is 1.97 bits per heavy atom. The van der Waals surface area contributed by atoms with E-state index in [4.69, 9.17) is 0 Å². The molecule has 8 heteroatoms. The number of aryl methyl sites for hydroxylation is 1. The lowest BCUT2D eigenvalue weighted by Gasteiger charge is -2.06. The van der Waals surface area contributed by atoms with E-state index in [0.29, 0.717) is 5.71 Å². The molecule has 0 spiro atoms. The Morgan fingerprint density at radius 2 is 1.41 bits per heavy atom. The third kappa shape index (κ3) is 9.29. The second kappa shape index (κ2) is 14.8. The zero-order valence-corrected chi connectivity index (χ0v) is 20.3. The summed E-state index contributed by atoms with van der Waals surface area (Å²) in [4.78, 5) is 20.8. The van der Waals surface area contributed by atoms with E-state index in [1.807, 2.05) is 19.1 Å². The average Bonchev–Trinajstić information content (AvgIpc) is 2.83. The predicted molar refractivity (Wildman–Crippen MR) is 138 cm³/mol. The number of benzene rings is 2. The molecule has 2 rings (SSSR count). The number of nitrogens with zero attached hydrogens (tertiary/aromatic N) is 3. The van der Waals surface area contributed by atoms with E-state index >= 15 is 0 Å². The molecule has 2 aromatic carbocycles. The highest BCUT2D eigenvalue weighted by atomic mass is 16.6. The van der Waals surface area contributed by atoms with Gasteiger partial charge in [-0.05, 0) is 37.0 Å². The van der Waals surface area contributed by atoms with Gasteiger partial charge < -0.3 is 0 Å². The second-order valence-electron chi connectivity index (χ2n) is 8.65. The van der Waals surface area contributed by atoms with Crippen LogP contribution < -0.4 is 5.43 Å². The van der Waals surface area contributed by atoms with Crippen molar-refractivity contribution in [3.05, 3.63) is 73.8 Å². The highest BCUT2D eigenvalue weighted by Gasteiger charge is 2.19. The van der Waals surface area contributed by atoms with E-state index in [-0.39, 0.29) is 11.4 Å². The number of anilines is 1. The monoisotopic (exact) mass is 468 g/mol. The van der Waals surface area contributed by atoms with E-state index in [1.165, 1.54) is 81.9 Å². The maximum absolute atomic E-state index is 11.3. The summed E-state index contributed by atoms with van der Waals surface area (Å²) in [6.07, 6.45) is 14.3. The minimum Gasteiger partial charge on any atom is -0.271 e. The fourth-order valence-corrected chi connectivity index (χ4v) is 3.82. The molecule has 0 saturated heterocycles. The third-order valence-corrected chi connectivity index (χ3v) is 5.92. The normalized spacial score (nSPS) is 11.4. The Bertz CT molecular complexity index is 958. The molecule has 0 unspecified atom stereocenters. The molecule has 0 aliphatic rings. The van der Waals surface area contributed by atoms with E-state index in [0.717, 1.165) is 18.1 Å². The lowest BCUT2D eigenvalue weighted by atomic mass is 10.0. The summed E-state index contributed by atoms with van der Waals surface area (Å²) in [6, 6.07) is 11.6. The van der Waals surface area contributed by atoms with Crippen LogP contribution in [0.25, 0.3) is 0 Å². The van der Waals surface area contributed by atoms with Crippen LogP contribution in [0.4, 0.5) is 17.1 Å². The van der Waals surface area contributed by atoms with Gasteiger partial charge in [-0.2, -0.15) is 5.10 Å². The standard InChI is InChI=1S/C26H36N4O4/c1-3-4-5-6-7-8-9-10-11-12-13-22-14-16-23(17-15-22)21(2)27-28-25-19-18-24(29(31)32)20-26(25)30(33)34/h14-20,28H,3-13H2,1-2H3. The van der Waals surface area contributed by atoms with Gasteiger partial charge >= 0.3 is 5.69 Å². The second-order valence-corrected chi connectivity index (χ2v) is 8.65. The molecule has 0 atom stereocenters. The molecule has 0 aliphatic carbocycles. The molecule has 34 heavy (non-hydrogen) atoms. The first-order valence-electron chi connectivity index (χ1n) is 12.2. The average molecular weight is 469 g/mol. The molecule has 2 aromatic rings. The first-order chi connectivity index (χ1) is 16.4. The lowest BCUT2D eigenvalue weighted by molar-refractivity contribution is -0.393. The number of rotatable bonds is 16. The zero-order chi connectivity index (χ0) is 24.8. The van der Waals surface area contributed by atoms with E-state index in [2.05, 4.69) is 29.6 Å². The maximum Gasteiger partial charge on any atom is 0.301 e. The van der Waals surface area contributed by atoms with Crippen LogP contribution in [0.3, 0.4) is 0 Å². The van der Waals surface area contributed by atoms with Crippen LogP contribution in [0.5, 0.6) is 0 Å². The molecule has 1 N–H and O–H groups in total. The van der Waals surface area contributed by atoms with Crippen molar-refractivity contribution in [1.82, 2.24) is 0 Å². The number of non-ortho nitro benzene ring substituents is 1. The Morgan fingerprint density at radius 1 is 0.824 bits per heavy atom. The van der Waals surface area contributed by atoms with Crippen LogP contribution in [0.15, 0.2) is 47.6 Å². The molecule has 0 radical (unpaired) electrons. The molecular formula is C26H36N4O4. The highest BCUT2D eigenvalue weighted by molar-refractivity contribution is 5.99. The van der Waals surface area contributed by atoms with Gasteiger partial charge in [-0.1, -0.05) is 89.0 Å². The Kier molecular flexibility index (Phi) is 11.7. The first kappa shape index (κ1) is 27.0. The molecular weight excluding hydrogens is 432 g/mol. The molecule has 0 amide bonds. The minimum atomic E-state index is -0.664. The molecule has 0 bridgehead atoms. The smallest absolute Gasteiger partial charge is 0.271 e. The number of hydrogen-bond donors (Lipinski definition) is 1. The summed E-state index contributed by atoms with van der Waals surface area (Å²) >= 11 is 0. The lowest BCUT2D eigenvalue weighted by Crippen LogP contribution is -2.02. The van der Waals surface area contributed by atoms with Crippen molar-refractivity contribution in [1.29, 1.82) is 0 Å². The van der Waals surface area contributed by atoms with E-state index < -0.39 is 15.5 Å². The predicted octanol–water partition coefficient (Wildman–Crippen LogP) is 7.80. The summed E-state index contributed by atoms with van der Waals surface area (Å²) in [7, 11) is 0. The van der Waals surface area contributed by atoms with Crippen LogP contribution in [-0.4, -0.2) is 15.6 Å². The van der Waals surface area contributed by atoms with E-state index in [1.54, 1.807) is 0 Å². The van der Waals surface area contributed by atoms with Crippen LogP contribution in [-0.2, 0) is 6.42 Å². The number of unbranched alkanes of at least 4 members (excludes halogenated alkanes) is 9. The van der Waals surface area contributed by atoms with Gasteiger partial charge in [0, 0.05) is 6.07 Å². The summed E-state index contributed by atoms with van der Waals surface area (Å²) in [6.45, 7) is 4.06. The number of hydrazone groups is 1. The number of hydrogen-bond acceptors (Lipinski definition) is 6. The van der Waals surface area contributed by atoms with Gasteiger partial charge in [-0.15, -0.1) is 0 Å². The van der Waals surface area contributed by atoms with Gasteiger partial charge in [0.1, 0.15) is 5.69 Å². The molecule has 0 aliphatic heterocycles. The van der Waals surface area contributed by atoms with Crippen molar-refractivity contribution in [2.24, 2.45) is 5.10 Å². The first-order valence-corrected chi connectivity index (χ1v) is 12.2. The van der Waals surface area contributed by atoms with Crippen LogP contribution in [0, 0.1) is 20.2 Å². The fourth-order valence-electron chi connectivity index (χ4n) is 3.82. The Hall–Kier alpha value is -3.29. The molecule has 0 saturated carbocycles. The summed E-state index contributed by atoms with van der Waals surface area (Å²) in [5, 5.41) is 26.3. The van der Waals surface area contributed by atoms with Gasteiger partial charge in [0.15, 0.2) is 0 Å². The van der Waals surface area contributed by atoms with Crippen molar-refractivity contribution in [3.8, 4) is 0 Å². The number of nitrogens with one attached hydrogen (secondary N) is 1. The van der Waals surface area contributed by atoms with Gasteiger partial charge in [0.2, 0.25) is 0 Å². The molecule has 0 fully saturated rings. The van der Waals surface area contributed by atoms with Crippen LogP contribution >= 0.6 is 0 Å². The van der Waals surface area contributed by atoms with Crippen LogP contribution in [0.2, 0.25) is 0 Å². The zero-order valence-electron chi connectivity index (χ0n) is 20.3. The van der Waals surface area contributed by atoms with Crippen molar-refractivity contribution in [2.75, 3.05) is 5.43 Å². The molecule has 8 nitrogen and oxygen atoms in total. The fraction of sp³-hybridized carbons (Fsp3) is 0.500.